The van der Waals surface area contributed by atoms with Gasteiger partial charge in [-0.25, -0.2) is 13.4 Å². The Morgan fingerprint density at radius 2 is 2.05 bits per heavy atom. The average molecular weight is 562 g/mol. The zero-order valence-corrected chi connectivity index (χ0v) is 22.5. The number of hydrogen-bond donors (Lipinski definition) is 1. The molecule has 0 spiro atoms. The number of pyridine rings is 1. The number of esters is 1. The van der Waals surface area contributed by atoms with Crippen LogP contribution >= 0.6 is 22.9 Å². The van der Waals surface area contributed by atoms with Gasteiger partial charge in [0.2, 0.25) is 0 Å². The van der Waals surface area contributed by atoms with Gasteiger partial charge in [0, 0.05) is 47.5 Å². The number of piperazine rings is 1. The molecule has 1 unspecified atom stereocenters. The average Bonchev–Trinajstić information content (AvgIpc) is 3.47. The van der Waals surface area contributed by atoms with E-state index < -0.39 is 22.0 Å². The zero-order valence-electron chi connectivity index (χ0n) is 20.1. The quantitative estimate of drug-likeness (QED) is 0.356. The largest absolute Gasteiger partial charge is 0.466 e. The van der Waals surface area contributed by atoms with Gasteiger partial charge in [0.25, 0.3) is 15.9 Å². The first-order valence-corrected chi connectivity index (χ1v) is 14.3. The number of carbonyl (C=O) groups is 2. The van der Waals surface area contributed by atoms with Crippen LogP contribution in [-0.4, -0.2) is 76.7 Å². The van der Waals surface area contributed by atoms with Crippen LogP contribution in [0.1, 0.15) is 28.8 Å². The monoisotopic (exact) mass is 561 g/mol. The summed E-state index contributed by atoms with van der Waals surface area (Å²) in [5, 5.41) is 1.45. The number of sulfonamides is 1. The minimum atomic E-state index is -3.93. The van der Waals surface area contributed by atoms with E-state index in [2.05, 4.69) is 15.0 Å². The lowest BCUT2D eigenvalue weighted by Gasteiger charge is -2.39. The number of rotatable bonds is 6. The van der Waals surface area contributed by atoms with Crippen molar-refractivity contribution in [2.24, 2.45) is 0 Å². The van der Waals surface area contributed by atoms with Crippen LogP contribution in [0.2, 0.25) is 5.02 Å². The Morgan fingerprint density at radius 1 is 1.24 bits per heavy atom. The van der Waals surface area contributed by atoms with Gasteiger partial charge in [-0.05, 0) is 44.2 Å². The first kappa shape index (κ1) is 25.6. The van der Waals surface area contributed by atoms with Gasteiger partial charge in [-0.15, -0.1) is 11.3 Å². The molecule has 1 aromatic carbocycles. The maximum absolute atomic E-state index is 13.5. The molecule has 4 aromatic rings. The van der Waals surface area contributed by atoms with Crippen molar-refractivity contribution in [2.75, 3.05) is 26.2 Å². The van der Waals surface area contributed by atoms with E-state index in [9.17, 15) is 18.0 Å². The number of hydrogen-bond acceptors (Lipinski definition) is 8. The van der Waals surface area contributed by atoms with Crippen LogP contribution in [0.25, 0.3) is 21.1 Å². The fourth-order valence-corrected chi connectivity index (χ4v) is 6.94. The van der Waals surface area contributed by atoms with Gasteiger partial charge in [-0.1, -0.05) is 11.6 Å². The fourth-order valence-electron chi connectivity index (χ4n) is 4.40. The fraction of sp³-hybridized carbons (Fsp3) is 0.333. The Labute approximate surface area is 222 Å². The molecule has 1 fully saturated rings. The predicted molar refractivity (Wildman–Crippen MR) is 140 cm³/mol. The first-order chi connectivity index (χ1) is 17.7. The van der Waals surface area contributed by atoms with E-state index in [1.54, 1.807) is 37.4 Å². The molecule has 1 saturated heterocycles. The number of amides is 1. The maximum Gasteiger partial charge on any atom is 0.307 e. The lowest BCUT2D eigenvalue weighted by Crippen LogP contribution is -2.57. The highest BCUT2D eigenvalue weighted by molar-refractivity contribution is 7.89. The van der Waals surface area contributed by atoms with Crippen molar-refractivity contribution in [3.05, 3.63) is 52.3 Å². The van der Waals surface area contributed by atoms with E-state index in [0.717, 1.165) is 10.4 Å². The van der Waals surface area contributed by atoms with Crippen molar-refractivity contribution < 1.29 is 22.7 Å². The molecule has 1 atom stereocenters. The molecule has 0 radical (unpaired) electrons. The van der Waals surface area contributed by atoms with Gasteiger partial charge in [-0.2, -0.15) is 4.31 Å². The minimum Gasteiger partial charge on any atom is -0.466 e. The van der Waals surface area contributed by atoms with E-state index in [0.29, 0.717) is 21.4 Å². The SMILES string of the molecule is CCOC(=O)CC1CN(S(=O)(=O)c2cc3cc(Cl)ccc3[nH]2)CCN1C(=O)c1nc2cc(C)ncc2s1. The molecule has 5 rings (SSSR count). The summed E-state index contributed by atoms with van der Waals surface area (Å²) in [5.74, 6) is -0.862. The number of benzene rings is 1. The van der Waals surface area contributed by atoms with Gasteiger partial charge in [0.15, 0.2) is 5.01 Å². The highest BCUT2D eigenvalue weighted by atomic mass is 35.5. The standard InChI is InChI=1S/C24H24ClN5O5S2/c1-3-35-22(31)11-17-13-29(37(33,34)21-10-15-9-16(25)4-5-18(15)27-21)6-7-30(17)24(32)23-28-19-8-14(2)26-12-20(19)36-23/h4-5,8-10,12,17,27H,3,6-7,11,13H2,1-2H3. The topological polar surface area (TPSA) is 126 Å². The second kappa shape index (κ2) is 10.0. The van der Waals surface area contributed by atoms with E-state index in [1.807, 2.05) is 6.92 Å². The van der Waals surface area contributed by atoms with Crippen molar-refractivity contribution in [2.45, 2.75) is 31.3 Å². The number of aromatic nitrogens is 3. The number of carbonyl (C=O) groups excluding carboxylic acids is 2. The van der Waals surface area contributed by atoms with Gasteiger partial charge in [-0.3, -0.25) is 14.6 Å². The van der Waals surface area contributed by atoms with Crippen LogP contribution < -0.4 is 0 Å². The summed E-state index contributed by atoms with van der Waals surface area (Å²) in [6.45, 7) is 3.82. The lowest BCUT2D eigenvalue weighted by molar-refractivity contribution is -0.144. The van der Waals surface area contributed by atoms with Crippen molar-refractivity contribution in [3.63, 3.8) is 0 Å². The second-order valence-electron chi connectivity index (χ2n) is 8.70. The summed E-state index contributed by atoms with van der Waals surface area (Å²) in [6, 6.07) is 7.69. The van der Waals surface area contributed by atoms with Gasteiger partial charge < -0.3 is 14.6 Å². The first-order valence-electron chi connectivity index (χ1n) is 11.6. The van der Waals surface area contributed by atoms with E-state index in [1.165, 1.54) is 26.6 Å². The van der Waals surface area contributed by atoms with Gasteiger partial charge in [0.05, 0.1) is 29.3 Å². The third-order valence-electron chi connectivity index (χ3n) is 6.18. The molecule has 3 aromatic heterocycles. The summed E-state index contributed by atoms with van der Waals surface area (Å²) in [5.41, 5.74) is 2.10. The molecule has 1 aliphatic heterocycles. The molecule has 1 aliphatic rings. The van der Waals surface area contributed by atoms with Crippen LogP contribution in [0.3, 0.4) is 0 Å². The molecule has 194 valence electrons. The molecule has 0 saturated carbocycles. The number of ether oxygens (including phenoxy) is 1. The highest BCUT2D eigenvalue weighted by Crippen LogP contribution is 2.28. The molecule has 10 nitrogen and oxygen atoms in total. The number of aromatic amines is 1. The molecule has 1 N–H and O–H groups in total. The van der Waals surface area contributed by atoms with Crippen LogP contribution in [0.15, 0.2) is 41.6 Å². The van der Waals surface area contributed by atoms with Gasteiger partial charge >= 0.3 is 5.97 Å². The zero-order chi connectivity index (χ0) is 26.3. The Bertz CT molecular complexity index is 1620. The Balaban J connectivity index is 1.43. The number of nitrogens with one attached hydrogen (secondary N) is 1. The third kappa shape index (κ3) is 5.06. The minimum absolute atomic E-state index is 0.0217. The number of thiazole rings is 1. The van der Waals surface area contributed by atoms with Crippen LogP contribution in [0.4, 0.5) is 0 Å². The maximum atomic E-state index is 13.5. The second-order valence-corrected chi connectivity index (χ2v) is 12.1. The van der Waals surface area contributed by atoms with E-state index in [4.69, 9.17) is 16.3 Å². The van der Waals surface area contributed by atoms with Crippen molar-refractivity contribution >= 4 is 66.0 Å². The van der Waals surface area contributed by atoms with Gasteiger partial charge in [0.1, 0.15) is 5.03 Å². The van der Waals surface area contributed by atoms with Crippen LogP contribution in [0.5, 0.6) is 0 Å². The van der Waals surface area contributed by atoms with E-state index in [-0.39, 0.29) is 48.6 Å². The van der Waals surface area contributed by atoms with Crippen molar-refractivity contribution in [3.8, 4) is 0 Å². The number of H-pyrrole nitrogens is 1. The molecule has 4 heterocycles. The highest BCUT2D eigenvalue weighted by Gasteiger charge is 2.39. The molecular weight excluding hydrogens is 538 g/mol. The smallest absolute Gasteiger partial charge is 0.307 e. The van der Waals surface area contributed by atoms with E-state index >= 15 is 0 Å². The summed E-state index contributed by atoms with van der Waals surface area (Å²) in [4.78, 5) is 39.1. The van der Waals surface area contributed by atoms with Crippen molar-refractivity contribution in [1.29, 1.82) is 0 Å². The van der Waals surface area contributed by atoms with Crippen molar-refractivity contribution in [1.82, 2.24) is 24.2 Å². The molecule has 13 heteroatoms. The Hall–Kier alpha value is -3.06. The molecular formula is C24H24ClN5O5S2. The molecule has 0 aliphatic carbocycles. The van der Waals surface area contributed by atoms with Crippen LogP contribution in [-0.2, 0) is 19.6 Å². The predicted octanol–water partition coefficient (Wildman–Crippen LogP) is 3.60. The summed E-state index contributed by atoms with van der Waals surface area (Å²) in [7, 11) is -3.93. The number of fused-ring (bicyclic) bond motifs is 2. The summed E-state index contributed by atoms with van der Waals surface area (Å²) >= 11 is 7.27. The summed E-state index contributed by atoms with van der Waals surface area (Å²) in [6.07, 6.45) is 1.53. The number of aryl methyl sites for hydroxylation is 1. The molecule has 1 amide bonds. The normalized spacial score (nSPS) is 16.9. The Morgan fingerprint density at radius 3 is 2.84 bits per heavy atom. The Kier molecular flexibility index (Phi) is 6.92. The molecule has 0 bridgehead atoms. The molecule has 37 heavy (non-hydrogen) atoms. The summed E-state index contributed by atoms with van der Waals surface area (Å²) < 4.78 is 34.2. The number of halogens is 1. The lowest BCUT2D eigenvalue weighted by atomic mass is 10.1. The number of nitrogens with zero attached hydrogens (tertiary/aromatic N) is 4. The third-order valence-corrected chi connectivity index (χ3v) is 9.20. The van der Waals surface area contributed by atoms with Crippen LogP contribution in [0, 0.1) is 6.92 Å².